The Morgan fingerprint density at radius 1 is 1.56 bits per heavy atom. The molecule has 2 unspecified atom stereocenters. The van der Waals surface area contributed by atoms with Crippen LogP contribution in [0.3, 0.4) is 0 Å². The number of carbonyl (C=O) groups is 1. The lowest BCUT2D eigenvalue weighted by Crippen LogP contribution is -2.41. The molecule has 0 fully saturated rings. The standard InChI is InChI=1S/C10H16ClN3O2/c1-5-8(11)6(2)14(13-5)7(3)9(12-4)10(15)16/h7,9,12H,1-4H3,(H,15,16). The third kappa shape index (κ3) is 2.20. The first-order valence-electron chi connectivity index (χ1n) is 5.01. The number of hydrogen-bond acceptors (Lipinski definition) is 3. The van der Waals surface area contributed by atoms with E-state index in [9.17, 15) is 4.79 Å². The molecule has 2 atom stereocenters. The average molecular weight is 246 g/mol. The van der Waals surface area contributed by atoms with Crippen LogP contribution in [0.25, 0.3) is 0 Å². The first-order chi connectivity index (χ1) is 7.40. The number of nitrogens with one attached hydrogen (secondary N) is 1. The molecule has 90 valence electrons. The molecule has 0 aromatic carbocycles. The summed E-state index contributed by atoms with van der Waals surface area (Å²) in [6.45, 7) is 5.42. The number of aryl methyl sites for hydroxylation is 1. The summed E-state index contributed by atoms with van der Waals surface area (Å²) in [4.78, 5) is 11.0. The lowest BCUT2D eigenvalue weighted by molar-refractivity contribution is -0.140. The minimum Gasteiger partial charge on any atom is -0.480 e. The predicted molar refractivity (Wildman–Crippen MR) is 61.9 cm³/mol. The number of rotatable bonds is 4. The van der Waals surface area contributed by atoms with E-state index in [1.807, 2.05) is 6.92 Å². The fourth-order valence-corrected chi connectivity index (χ4v) is 1.88. The second-order valence-electron chi connectivity index (χ2n) is 3.77. The Bertz CT molecular complexity index is 403. The van der Waals surface area contributed by atoms with E-state index in [1.54, 1.807) is 25.6 Å². The number of halogens is 1. The summed E-state index contributed by atoms with van der Waals surface area (Å²) < 4.78 is 1.65. The van der Waals surface area contributed by atoms with Crippen LogP contribution in [0.15, 0.2) is 0 Å². The Hall–Kier alpha value is -1.07. The number of nitrogens with zero attached hydrogens (tertiary/aromatic N) is 2. The predicted octanol–water partition coefficient (Wildman–Crippen LogP) is 1.39. The molecule has 0 radical (unpaired) electrons. The number of carboxylic acids is 1. The molecule has 0 aliphatic rings. The van der Waals surface area contributed by atoms with E-state index in [4.69, 9.17) is 16.7 Å². The van der Waals surface area contributed by atoms with Crippen molar-refractivity contribution in [3.8, 4) is 0 Å². The van der Waals surface area contributed by atoms with Crippen LogP contribution in [0, 0.1) is 13.8 Å². The lowest BCUT2D eigenvalue weighted by atomic mass is 10.1. The van der Waals surface area contributed by atoms with Crippen molar-refractivity contribution in [2.75, 3.05) is 7.05 Å². The van der Waals surface area contributed by atoms with Crippen LogP contribution in [0.2, 0.25) is 5.02 Å². The maximum atomic E-state index is 11.0. The molecule has 5 nitrogen and oxygen atoms in total. The minimum absolute atomic E-state index is 0.298. The maximum absolute atomic E-state index is 11.0. The van der Waals surface area contributed by atoms with Crippen molar-refractivity contribution in [1.29, 1.82) is 0 Å². The Balaban J connectivity index is 3.08. The number of aliphatic carboxylic acids is 1. The molecule has 0 saturated heterocycles. The van der Waals surface area contributed by atoms with Gasteiger partial charge in [-0.2, -0.15) is 5.10 Å². The highest BCUT2D eigenvalue weighted by Crippen LogP contribution is 2.23. The second-order valence-corrected chi connectivity index (χ2v) is 4.15. The van der Waals surface area contributed by atoms with Gasteiger partial charge in [0.05, 0.1) is 22.5 Å². The largest absolute Gasteiger partial charge is 0.480 e. The van der Waals surface area contributed by atoms with Gasteiger partial charge in [-0.25, -0.2) is 0 Å². The molecular formula is C10H16ClN3O2. The summed E-state index contributed by atoms with van der Waals surface area (Å²) in [5.41, 5.74) is 1.50. The van der Waals surface area contributed by atoms with Gasteiger partial charge in [-0.15, -0.1) is 0 Å². The molecule has 1 rings (SSSR count). The van der Waals surface area contributed by atoms with Crippen LogP contribution in [0.5, 0.6) is 0 Å². The molecule has 0 aliphatic carbocycles. The van der Waals surface area contributed by atoms with Crippen LogP contribution in [0.1, 0.15) is 24.4 Å². The molecule has 2 N–H and O–H groups in total. The Labute approximate surface area is 99.4 Å². The maximum Gasteiger partial charge on any atom is 0.322 e. The van der Waals surface area contributed by atoms with Gasteiger partial charge in [0.15, 0.2) is 0 Å². The van der Waals surface area contributed by atoms with Gasteiger partial charge in [0.2, 0.25) is 0 Å². The first kappa shape index (κ1) is 13.0. The molecule has 0 aliphatic heterocycles. The Morgan fingerprint density at radius 3 is 2.44 bits per heavy atom. The molecular weight excluding hydrogens is 230 g/mol. The highest BCUT2D eigenvalue weighted by Gasteiger charge is 2.26. The van der Waals surface area contributed by atoms with Crippen molar-refractivity contribution in [2.45, 2.75) is 32.9 Å². The van der Waals surface area contributed by atoms with Crippen molar-refractivity contribution in [2.24, 2.45) is 0 Å². The highest BCUT2D eigenvalue weighted by molar-refractivity contribution is 6.31. The van der Waals surface area contributed by atoms with Gasteiger partial charge in [-0.05, 0) is 27.8 Å². The molecule has 0 amide bonds. The SMILES string of the molecule is CNC(C(=O)O)C(C)n1nc(C)c(Cl)c1C. The van der Waals surface area contributed by atoms with Crippen LogP contribution >= 0.6 is 11.6 Å². The van der Waals surface area contributed by atoms with Crippen molar-refractivity contribution in [1.82, 2.24) is 15.1 Å². The summed E-state index contributed by atoms with van der Waals surface area (Å²) in [5, 5.41) is 16.6. The minimum atomic E-state index is -0.904. The van der Waals surface area contributed by atoms with Crippen molar-refractivity contribution in [3.05, 3.63) is 16.4 Å². The van der Waals surface area contributed by atoms with E-state index in [2.05, 4.69) is 10.4 Å². The van der Waals surface area contributed by atoms with Gasteiger partial charge in [-0.3, -0.25) is 9.48 Å². The summed E-state index contributed by atoms with van der Waals surface area (Å²) in [7, 11) is 1.61. The van der Waals surface area contributed by atoms with E-state index in [1.165, 1.54) is 0 Å². The molecule has 16 heavy (non-hydrogen) atoms. The zero-order chi connectivity index (χ0) is 12.5. The summed E-state index contributed by atoms with van der Waals surface area (Å²) >= 11 is 6.02. The van der Waals surface area contributed by atoms with Crippen molar-refractivity contribution in [3.63, 3.8) is 0 Å². The molecule has 1 aromatic heterocycles. The highest BCUT2D eigenvalue weighted by atomic mass is 35.5. The quantitative estimate of drug-likeness (QED) is 0.841. The molecule has 0 bridgehead atoms. The van der Waals surface area contributed by atoms with Gasteiger partial charge in [0.1, 0.15) is 6.04 Å². The zero-order valence-electron chi connectivity index (χ0n) is 9.78. The lowest BCUT2D eigenvalue weighted by Gasteiger charge is -2.21. The van der Waals surface area contributed by atoms with Gasteiger partial charge >= 0.3 is 5.97 Å². The number of likely N-dealkylation sites (N-methyl/N-ethyl adjacent to an activating group) is 1. The van der Waals surface area contributed by atoms with E-state index < -0.39 is 12.0 Å². The fourth-order valence-electron chi connectivity index (χ4n) is 1.75. The third-order valence-electron chi connectivity index (χ3n) is 2.68. The van der Waals surface area contributed by atoms with Gasteiger partial charge < -0.3 is 10.4 Å². The van der Waals surface area contributed by atoms with Crippen LogP contribution < -0.4 is 5.32 Å². The van der Waals surface area contributed by atoms with Gasteiger partial charge in [0.25, 0.3) is 0 Å². The zero-order valence-corrected chi connectivity index (χ0v) is 10.5. The average Bonchev–Trinajstić information content (AvgIpc) is 2.46. The number of carboxylic acid groups (broad SMARTS) is 1. The topological polar surface area (TPSA) is 67.2 Å². The van der Waals surface area contributed by atoms with Crippen LogP contribution in [-0.4, -0.2) is 33.9 Å². The van der Waals surface area contributed by atoms with Crippen LogP contribution in [-0.2, 0) is 4.79 Å². The van der Waals surface area contributed by atoms with E-state index in [-0.39, 0.29) is 6.04 Å². The van der Waals surface area contributed by atoms with E-state index in [0.29, 0.717) is 10.7 Å². The van der Waals surface area contributed by atoms with Crippen molar-refractivity contribution >= 4 is 17.6 Å². The molecule has 1 heterocycles. The smallest absolute Gasteiger partial charge is 0.322 e. The summed E-state index contributed by atoms with van der Waals surface area (Å²) in [6, 6.07) is -0.984. The first-order valence-corrected chi connectivity index (χ1v) is 5.39. The normalized spacial score (nSPS) is 14.8. The molecule has 6 heteroatoms. The monoisotopic (exact) mass is 245 g/mol. The van der Waals surface area contributed by atoms with Gasteiger partial charge in [0, 0.05) is 0 Å². The van der Waals surface area contributed by atoms with E-state index >= 15 is 0 Å². The Kier molecular flexibility index (Phi) is 3.93. The van der Waals surface area contributed by atoms with Crippen molar-refractivity contribution < 1.29 is 9.90 Å². The second kappa shape index (κ2) is 4.84. The number of aromatic nitrogens is 2. The molecule has 0 spiro atoms. The van der Waals surface area contributed by atoms with Gasteiger partial charge in [-0.1, -0.05) is 11.6 Å². The summed E-state index contributed by atoms with van der Waals surface area (Å²) in [6.07, 6.45) is 0. The van der Waals surface area contributed by atoms with E-state index in [0.717, 1.165) is 5.69 Å². The number of hydrogen-bond donors (Lipinski definition) is 2. The third-order valence-corrected chi connectivity index (χ3v) is 3.23. The summed E-state index contributed by atoms with van der Waals surface area (Å²) in [5.74, 6) is -0.904. The Morgan fingerprint density at radius 2 is 2.12 bits per heavy atom. The van der Waals surface area contributed by atoms with Crippen LogP contribution in [0.4, 0.5) is 0 Å². The molecule has 1 aromatic rings. The fraction of sp³-hybridized carbons (Fsp3) is 0.600. The molecule has 0 saturated carbocycles.